The van der Waals surface area contributed by atoms with Crippen LogP contribution < -0.4 is 15.0 Å². The summed E-state index contributed by atoms with van der Waals surface area (Å²) in [6.45, 7) is 4.00. The smallest absolute Gasteiger partial charge is 0.265 e. The molecule has 0 aromatic heterocycles. The summed E-state index contributed by atoms with van der Waals surface area (Å²) in [5.41, 5.74) is 2.00. The van der Waals surface area contributed by atoms with Crippen molar-refractivity contribution in [1.82, 2.24) is 0 Å². The third-order valence-corrected chi connectivity index (χ3v) is 5.03. The fourth-order valence-corrected chi connectivity index (χ4v) is 3.52. The highest BCUT2D eigenvalue weighted by Gasteiger charge is 2.17. The molecule has 1 heterocycles. The predicted octanol–water partition coefficient (Wildman–Crippen LogP) is 4.85. The molecule has 0 radical (unpaired) electrons. The van der Waals surface area contributed by atoms with Crippen molar-refractivity contribution in [2.45, 2.75) is 25.9 Å². The molecule has 4 nitrogen and oxygen atoms in total. The molecular weight excluding hydrogens is 336 g/mol. The maximum Gasteiger partial charge on any atom is 0.265 e. The van der Waals surface area contributed by atoms with Crippen LogP contribution in [0, 0.1) is 0 Å². The number of nitrogens with one attached hydrogen (secondary N) is 1. The summed E-state index contributed by atoms with van der Waals surface area (Å²) in [7, 11) is 0. The van der Waals surface area contributed by atoms with Gasteiger partial charge in [-0.1, -0.05) is 36.4 Å². The number of carbonyl (C=O) groups excluding carboxylic acids is 1. The number of carbonyl (C=O) groups is 1. The highest BCUT2D eigenvalue weighted by atomic mass is 16.5. The van der Waals surface area contributed by atoms with E-state index in [-0.39, 0.29) is 5.91 Å². The van der Waals surface area contributed by atoms with Gasteiger partial charge in [-0.25, -0.2) is 0 Å². The van der Waals surface area contributed by atoms with Crippen molar-refractivity contribution < 1.29 is 9.53 Å². The number of benzene rings is 3. The van der Waals surface area contributed by atoms with Gasteiger partial charge in [0.05, 0.1) is 0 Å². The van der Waals surface area contributed by atoms with E-state index in [1.165, 1.54) is 18.5 Å². The van der Waals surface area contributed by atoms with Crippen LogP contribution >= 0.6 is 0 Å². The summed E-state index contributed by atoms with van der Waals surface area (Å²) in [6.07, 6.45) is 1.91. The first-order chi connectivity index (χ1) is 13.2. The molecule has 1 amide bonds. The van der Waals surface area contributed by atoms with Crippen LogP contribution in [0.2, 0.25) is 0 Å². The zero-order chi connectivity index (χ0) is 18.6. The molecule has 0 bridgehead atoms. The van der Waals surface area contributed by atoms with Crippen LogP contribution in [0.25, 0.3) is 10.8 Å². The lowest BCUT2D eigenvalue weighted by atomic mass is 10.1. The first-order valence-electron chi connectivity index (χ1n) is 9.51. The predicted molar refractivity (Wildman–Crippen MR) is 111 cm³/mol. The van der Waals surface area contributed by atoms with Crippen LogP contribution in [0.1, 0.15) is 19.8 Å². The zero-order valence-electron chi connectivity index (χ0n) is 15.5. The topological polar surface area (TPSA) is 41.6 Å². The van der Waals surface area contributed by atoms with E-state index in [2.05, 4.69) is 22.3 Å². The van der Waals surface area contributed by atoms with Crippen molar-refractivity contribution in [1.29, 1.82) is 0 Å². The Morgan fingerprint density at radius 1 is 0.963 bits per heavy atom. The lowest BCUT2D eigenvalue weighted by Gasteiger charge is -2.19. The minimum atomic E-state index is -0.589. The second-order valence-corrected chi connectivity index (χ2v) is 6.97. The van der Waals surface area contributed by atoms with Crippen LogP contribution in [0.3, 0.4) is 0 Å². The lowest BCUT2D eigenvalue weighted by molar-refractivity contribution is -0.122. The fourth-order valence-electron chi connectivity index (χ4n) is 3.52. The second kappa shape index (κ2) is 7.70. The molecular formula is C23H24N2O2. The Balaban J connectivity index is 1.41. The Hall–Kier alpha value is -3.01. The van der Waals surface area contributed by atoms with Crippen molar-refractivity contribution in [2.75, 3.05) is 23.3 Å². The molecule has 0 aliphatic carbocycles. The summed E-state index contributed by atoms with van der Waals surface area (Å²) < 4.78 is 5.95. The molecule has 1 N–H and O–H groups in total. The standard InChI is InChI=1S/C23H24N2O2/c1-17(27-22-10-6-8-18-7-2-3-9-21(18)22)23(26)24-19-11-13-20(14-12-19)25-15-4-5-16-25/h2-3,6-14,17H,4-5,15-16H2,1H3,(H,24,26). The Labute approximate surface area is 159 Å². The van der Waals surface area contributed by atoms with Crippen molar-refractivity contribution in [2.24, 2.45) is 0 Å². The van der Waals surface area contributed by atoms with Crippen molar-refractivity contribution in [3.63, 3.8) is 0 Å². The molecule has 138 valence electrons. The maximum atomic E-state index is 12.5. The first-order valence-corrected chi connectivity index (χ1v) is 9.51. The fraction of sp³-hybridized carbons (Fsp3) is 0.261. The number of ether oxygens (including phenoxy) is 1. The largest absolute Gasteiger partial charge is 0.480 e. The van der Waals surface area contributed by atoms with Crippen molar-refractivity contribution in [3.05, 3.63) is 66.7 Å². The SMILES string of the molecule is CC(Oc1cccc2ccccc12)C(=O)Nc1ccc(N2CCCC2)cc1. The summed E-state index contributed by atoms with van der Waals surface area (Å²) in [6, 6.07) is 21.9. The van der Waals surface area contributed by atoms with E-state index < -0.39 is 6.10 Å². The summed E-state index contributed by atoms with van der Waals surface area (Å²) in [4.78, 5) is 14.9. The number of hydrogen-bond donors (Lipinski definition) is 1. The van der Waals surface area contributed by atoms with Gasteiger partial charge in [-0.05, 0) is 55.5 Å². The maximum absolute atomic E-state index is 12.5. The third kappa shape index (κ3) is 3.90. The lowest BCUT2D eigenvalue weighted by Crippen LogP contribution is -2.30. The van der Waals surface area contributed by atoms with Gasteiger partial charge in [0.15, 0.2) is 6.10 Å². The molecule has 1 unspecified atom stereocenters. The van der Waals surface area contributed by atoms with Crippen LogP contribution in [-0.2, 0) is 4.79 Å². The Morgan fingerprint density at radius 2 is 1.67 bits per heavy atom. The Morgan fingerprint density at radius 3 is 2.44 bits per heavy atom. The number of amides is 1. The second-order valence-electron chi connectivity index (χ2n) is 6.97. The molecule has 3 aromatic carbocycles. The van der Waals surface area contributed by atoms with E-state index in [4.69, 9.17) is 4.74 Å². The van der Waals surface area contributed by atoms with Crippen LogP contribution in [-0.4, -0.2) is 25.1 Å². The van der Waals surface area contributed by atoms with Gasteiger partial charge in [-0.15, -0.1) is 0 Å². The number of rotatable bonds is 5. The number of hydrogen-bond acceptors (Lipinski definition) is 3. The van der Waals surface area contributed by atoms with Gasteiger partial charge in [0, 0.05) is 29.9 Å². The van der Waals surface area contributed by atoms with Gasteiger partial charge in [-0.3, -0.25) is 4.79 Å². The van der Waals surface area contributed by atoms with Gasteiger partial charge in [-0.2, -0.15) is 0 Å². The molecule has 4 heteroatoms. The molecule has 1 atom stereocenters. The van der Waals surface area contributed by atoms with E-state index in [0.717, 1.165) is 35.3 Å². The Bertz CT molecular complexity index is 925. The van der Waals surface area contributed by atoms with Crippen LogP contribution in [0.5, 0.6) is 5.75 Å². The summed E-state index contributed by atoms with van der Waals surface area (Å²) >= 11 is 0. The minimum absolute atomic E-state index is 0.156. The van der Waals surface area contributed by atoms with E-state index in [1.807, 2.05) is 54.6 Å². The Kier molecular flexibility index (Phi) is 4.97. The molecule has 1 aliphatic heterocycles. The minimum Gasteiger partial charge on any atom is -0.480 e. The molecule has 27 heavy (non-hydrogen) atoms. The quantitative estimate of drug-likeness (QED) is 0.707. The summed E-state index contributed by atoms with van der Waals surface area (Å²) in [5, 5.41) is 5.05. The molecule has 1 aliphatic rings. The van der Waals surface area contributed by atoms with E-state index in [9.17, 15) is 4.79 Å². The molecule has 3 aromatic rings. The van der Waals surface area contributed by atoms with Gasteiger partial charge >= 0.3 is 0 Å². The molecule has 0 spiro atoms. The van der Waals surface area contributed by atoms with E-state index >= 15 is 0 Å². The number of nitrogens with zero attached hydrogens (tertiary/aromatic N) is 1. The molecule has 1 saturated heterocycles. The highest BCUT2D eigenvalue weighted by Crippen LogP contribution is 2.26. The third-order valence-electron chi connectivity index (χ3n) is 5.03. The molecule has 0 saturated carbocycles. The summed E-state index contributed by atoms with van der Waals surface area (Å²) in [5.74, 6) is 0.567. The number of fused-ring (bicyclic) bond motifs is 1. The molecule has 1 fully saturated rings. The monoisotopic (exact) mass is 360 g/mol. The van der Waals surface area contributed by atoms with Crippen LogP contribution in [0.15, 0.2) is 66.7 Å². The highest BCUT2D eigenvalue weighted by molar-refractivity contribution is 5.95. The van der Waals surface area contributed by atoms with Gasteiger partial charge < -0.3 is 15.0 Å². The first kappa shape index (κ1) is 17.4. The average molecular weight is 360 g/mol. The van der Waals surface area contributed by atoms with Crippen LogP contribution in [0.4, 0.5) is 11.4 Å². The van der Waals surface area contributed by atoms with Gasteiger partial charge in [0.2, 0.25) is 0 Å². The van der Waals surface area contributed by atoms with E-state index in [0.29, 0.717) is 0 Å². The van der Waals surface area contributed by atoms with Crippen molar-refractivity contribution >= 4 is 28.1 Å². The van der Waals surface area contributed by atoms with E-state index in [1.54, 1.807) is 6.92 Å². The molecule has 4 rings (SSSR count). The van der Waals surface area contributed by atoms with Gasteiger partial charge in [0.25, 0.3) is 5.91 Å². The normalized spacial score (nSPS) is 14.9. The zero-order valence-corrected chi connectivity index (χ0v) is 15.5. The number of anilines is 2. The average Bonchev–Trinajstić information content (AvgIpc) is 3.23. The van der Waals surface area contributed by atoms with Gasteiger partial charge in [0.1, 0.15) is 5.75 Å². The van der Waals surface area contributed by atoms with Crippen molar-refractivity contribution in [3.8, 4) is 5.75 Å².